The first-order valence-electron chi connectivity index (χ1n) is 8.37. The second-order valence-corrected chi connectivity index (χ2v) is 6.05. The van der Waals surface area contributed by atoms with Crippen LogP contribution in [0.2, 0.25) is 0 Å². The molecule has 0 saturated heterocycles. The third-order valence-electron chi connectivity index (χ3n) is 4.72. The SMILES string of the molecule is [C-]1=C(C(c2ccccc2)(c2ccccc2)c2ccccc2)C=CC1.[Ti]. The Hall–Kier alpha value is -2.15. The van der Waals surface area contributed by atoms with E-state index in [1.54, 1.807) is 0 Å². The van der Waals surface area contributed by atoms with Crippen molar-refractivity contribution in [1.29, 1.82) is 0 Å². The first kappa shape index (κ1) is 17.7. The minimum atomic E-state index is -0.323. The predicted octanol–water partition coefficient (Wildman–Crippen LogP) is 5.71. The van der Waals surface area contributed by atoms with Crippen LogP contribution in [0.5, 0.6) is 0 Å². The van der Waals surface area contributed by atoms with Crippen molar-refractivity contribution >= 4 is 0 Å². The minimum absolute atomic E-state index is 0. The molecule has 1 aliphatic carbocycles. The van der Waals surface area contributed by atoms with E-state index in [-0.39, 0.29) is 27.1 Å². The molecule has 0 unspecified atom stereocenters. The van der Waals surface area contributed by atoms with Gasteiger partial charge in [-0.1, -0.05) is 91.0 Å². The van der Waals surface area contributed by atoms with Gasteiger partial charge in [0.2, 0.25) is 0 Å². The summed E-state index contributed by atoms with van der Waals surface area (Å²) in [6.07, 6.45) is 8.90. The first-order chi connectivity index (χ1) is 11.9. The molecule has 0 bridgehead atoms. The van der Waals surface area contributed by atoms with Crippen LogP contribution >= 0.6 is 0 Å². The van der Waals surface area contributed by atoms with Crippen LogP contribution in [0.3, 0.4) is 0 Å². The zero-order chi connectivity index (χ0) is 16.2. The van der Waals surface area contributed by atoms with Gasteiger partial charge in [-0.05, 0) is 16.7 Å². The molecule has 0 heterocycles. The Morgan fingerprint density at radius 3 is 1.32 bits per heavy atom. The molecule has 0 radical (unpaired) electrons. The van der Waals surface area contributed by atoms with E-state index in [0.29, 0.717) is 0 Å². The molecule has 4 rings (SSSR count). The fourth-order valence-corrected chi connectivity index (χ4v) is 3.69. The van der Waals surface area contributed by atoms with Gasteiger partial charge in [0.15, 0.2) is 0 Å². The van der Waals surface area contributed by atoms with Crippen molar-refractivity contribution in [3.05, 3.63) is 131 Å². The molecule has 0 atom stereocenters. The van der Waals surface area contributed by atoms with E-state index in [2.05, 4.69) is 109 Å². The summed E-state index contributed by atoms with van der Waals surface area (Å²) in [6.45, 7) is 0. The molecule has 0 aliphatic heterocycles. The molecule has 120 valence electrons. The fourth-order valence-electron chi connectivity index (χ4n) is 3.69. The summed E-state index contributed by atoms with van der Waals surface area (Å²) in [7, 11) is 0. The summed E-state index contributed by atoms with van der Waals surface area (Å²) in [5.74, 6) is 0. The van der Waals surface area contributed by atoms with Crippen LogP contribution in [0.4, 0.5) is 0 Å². The van der Waals surface area contributed by atoms with Crippen LogP contribution in [0.25, 0.3) is 0 Å². The van der Waals surface area contributed by atoms with Crippen molar-refractivity contribution in [2.75, 3.05) is 0 Å². The van der Waals surface area contributed by atoms with Gasteiger partial charge in [-0.3, -0.25) is 6.08 Å². The quantitative estimate of drug-likeness (QED) is 0.320. The molecular weight excluding hydrogens is 336 g/mol. The molecule has 0 amide bonds. The Kier molecular flexibility index (Phi) is 5.53. The summed E-state index contributed by atoms with van der Waals surface area (Å²) in [5.41, 5.74) is 4.73. The predicted molar refractivity (Wildman–Crippen MR) is 99.7 cm³/mol. The fraction of sp³-hybridized carbons (Fsp3) is 0.0833. The van der Waals surface area contributed by atoms with Gasteiger partial charge in [-0.25, -0.2) is 11.6 Å². The van der Waals surface area contributed by atoms with Crippen LogP contribution in [0.1, 0.15) is 23.1 Å². The van der Waals surface area contributed by atoms with Crippen molar-refractivity contribution in [3.8, 4) is 0 Å². The van der Waals surface area contributed by atoms with Gasteiger partial charge in [0.05, 0.1) is 0 Å². The number of rotatable bonds is 4. The van der Waals surface area contributed by atoms with E-state index < -0.39 is 0 Å². The third kappa shape index (κ3) is 3.08. The molecule has 1 heteroatoms. The molecule has 1 aliphatic rings. The Balaban J connectivity index is 0.00000182. The molecule has 0 N–H and O–H groups in total. The van der Waals surface area contributed by atoms with E-state index >= 15 is 0 Å². The van der Waals surface area contributed by atoms with Crippen LogP contribution in [0, 0.1) is 6.08 Å². The van der Waals surface area contributed by atoms with Gasteiger partial charge in [0.25, 0.3) is 0 Å². The van der Waals surface area contributed by atoms with E-state index in [1.165, 1.54) is 22.3 Å². The Morgan fingerprint density at radius 1 is 0.600 bits per heavy atom. The van der Waals surface area contributed by atoms with Gasteiger partial charge >= 0.3 is 0 Å². The van der Waals surface area contributed by atoms with E-state index in [4.69, 9.17) is 0 Å². The molecule has 25 heavy (non-hydrogen) atoms. The molecular formula is C24H19Ti-. The number of allylic oxidation sites excluding steroid dienone is 4. The summed E-state index contributed by atoms with van der Waals surface area (Å²) in [5, 5.41) is 0. The monoisotopic (exact) mass is 355 g/mol. The molecule has 3 aromatic rings. The Bertz CT molecular complexity index is 765. The standard InChI is InChI=1S/C24H19.Ti/c1-4-12-20(13-5-1)24(23-18-10-11-19-23,21-14-6-2-7-15-21)22-16-8-3-9-17-22;/h1-10,12-18H,11H2;/q-1;. The van der Waals surface area contributed by atoms with Gasteiger partial charge < -0.3 is 0 Å². The molecule has 0 aromatic heterocycles. The maximum Gasteiger partial charge on any atom is 0.0371 e. The van der Waals surface area contributed by atoms with Crippen molar-refractivity contribution in [1.82, 2.24) is 0 Å². The number of hydrogen-bond acceptors (Lipinski definition) is 0. The van der Waals surface area contributed by atoms with Crippen LogP contribution in [-0.2, 0) is 27.1 Å². The summed E-state index contributed by atoms with van der Waals surface area (Å²) in [6, 6.07) is 32.3. The number of hydrogen-bond donors (Lipinski definition) is 0. The smallest absolute Gasteiger partial charge is 0.0371 e. The molecule has 0 spiro atoms. The maximum atomic E-state index is 3.60. The van der Waals surface area contributed by atoms with Gasteiger partial charge in [0.1, 0.15) is 0 Å². The normalized spacial score (nSPS) is 13.2. The molecule has 0 nitrogen and oxygen atoms in total. The topological polar surface area (TPSA) is 0 Å². The second-order valence-electron chi connectivity index (χ2n) is 6.05. The van der Waals surface area contributed by atoms with E-state index in [0.717, 1.165) is 6.42 Å². The zero-order valence-electron chi connectivity index (χ0n) is 14.0. The van der Waals surface area contributed by atoms with E-state index in [1.807, 2.05) is 0 Å². The summed E-state index contributed by atoms with van der Waals surface area (Å²) in [4.78, 5) is 0. The molecule has 0 fully saturated rings. The van der Waals surface area contributed by atoms with Crippen LogP contribution in [-0.4, -0.2) is 0 Å². The Labute approximate surface area is 164 Å². The third-order valence-corrected chi connectivity index (χ3v) is 4.72. The number of benzene rings is 3. The molecule has 0 saturated carbocycles. The second kappa shape index (κ2) is 7.82. The maximum absolute atomic E-state index is 3.60. The van der Waals surface area contributed by atoms with E-state index in [9.17, 15) is 0 Å². The van der Waals surface area contributed by atoms with Gasteiger partial charge in [-0.15, -0.1) is 6.42 Å². The van der Waals surface area contributed by atoms with Crippen molar-refractivity contribution < 1.29 is 21.7 Å². The van der Waals surface area contributed by atoms with Crippen molar-refractivity contribution in [2.24, 2.45) is 0 Å². The minimum Gasteiger partial charge on any atom is -0.268 e. The van der Waals surface area contributed by atoms with Crippen molar-refractivity contribution in [2.45, 2.75) is 11.8 Å². The summed E-state index contributed by atoms with van der Waals surface area (Å²) < 4.78 is 0. The molecule has 3 aromatic carbocycles. The van der Waals surface area contributed by atoms with Gasteiger partial charge in [-0.2, -0.15) is 6.08 Å². The Morgan fingerprint density at radius 2 is 1.00 bits per heavy atom. The first-order valence-corrected chi connectivity index (χ1v) is 8.37. The van der Waals surface area contributed by atoms with Gasteiger partial charge in [0, 0.05) is 27.1 Å². The van der Waals surface area contributed by atoms with Crippen LogP contribution in [0.15, 0.2) is 109 Å². The largest absolute Gasteiger partial charge is 0.268 e. The zero-order valence-corrected chi connectivity index (χ0v) is 15.6. The summed E-state index contributed by atoms with van der Waals surface area (Å²) >= 11 is 0. The van der Waals surface area contributed by atoms with Crippen molar-refractivity contribution in [3.63, 3.8) is 0 Å². The average molecular weight is 355 g/mol. The average Bonchev–Trinajstić information content (AvgIpc) is 3.20. The van der Waals surface area contributed by atoms with Crippen LogP contribution < -0.4 is 0 Å².